The van der Waals surface area contributed by atoms with Gasteiger partial charge in [0.05, 0.1) is 11.7 Å². The Bertz CT molecular complexity index is 1200. The Hall–Kier alpha value is -3.09. The molecule has 1 N–H and O–H groups in total. The molecular weight excluding hydrogens is 446 g/mol. The third-order valence-corrected chi connectivity index (χ3v) is 6.35. The monoisotopic (exact) mass is 467 g/mol. The fourth-order valence-electron chi connectivity index (χ4n) is 3.75. The number of benzene rings is 2. The molecule has 1 aromatic heterocycles. The number of aliphatic hydroxyl groups excluding tert-OH is 1. The molecule has 0 radical (unpaired) electrons. The molecule has 1 saturated heterocycles. The number of hydrogen-bond acceptors (Lipinski definition) is 5. The van der Waals surface area contributed by atoms with Gasteiger partial charge >= 0.3 is 0 Å². The van der Waals surface area contributed by atoms with Crippen molar-refractivity contribution in [1.82, 2.24) is 0 Å². The van der Waals surface area contributed by atoms with E-state index in [4.69, 9.17) is 16.3 Å². The second-order valence-electron chi connectivity index (χ2n) is 7.81. The van der Waals surface area contributed by atoms with E-state index in [2.05, 4.69) is 0 Å². The van der Waals surface area contributed by atoms with E-state index in [1.54, 1.807) is 42.5 Å². The minimum atomic E-state index is -0.733. The van der Waals surface area contributed by atoms with Crippen LogP contribution in [0.2, 0.25) is 5.02 Å². The van der Waals surface area contributed by atoms with Crippen molar-refractivity contribution in [2.45, 2.75) is 32.9 Å². The average Bonchev–Trinajstić information content (AvgIpc) is 3.37. The smallest absolute Gasteiger partial charge is 0.300 e. The molecule has 3 aromatic rings. The molecule has 1 unspecified atom stereocenters. The highest BCUT2D eigenvalue weighted by Crippen LogP contribution is 2.44. The van der Waals surface area contributed by atoms with Gasteiger partial charge in [-0.2, -0.15) is 0 Å². The predicted octanol–water partition coefficient (Wildman–Crippen LogP) is 6.12. The maximum Gasteiger partial charge on any atom is 0.300 e. The van der Waals surface area contributed by atoms with Gasteiger partial charge in [-0.25, -0.2) is 0 Å². The number of anilines is 1. The third kappa shape index (κ3) is 4.04. The van der Waals surface area contributed by atoms with Gasteiger partial charge in [0, 0.05) is 21.2 Å². The van der Waals surface area contributed by atoms with Gasteiger partial charge < -0.3 is 9.84 Å². The Morgan fingerprint density at radius 3 is 2.44 bits per heavy atom. The first-order chi connectivity index (χ1) is 15.3. The highest BCUT2D eigenvalue weighted by molar-refractivity contribution is 7.10. The largest absolute Gasteiger partial charge is 0.507 e. The summed E-state index contributed by atoms with van der Waals surface area (Å²) < 4.78 is 5.77. The van der Waals surface area contributed by atoms with E-state index in [1.165, 1.54) is 16.2 Å². The Labute approximate surface area is 195 Å². The fourth-order valence-corrected chi connectivity index (χ4v) is 4.70. The zero-order chi connectivity index (χ0) is 23.0. The summed E-state index contributed by atoms with van der Waals surface area (Å²) in [6.07, 6.45) is 0.0108. The number of ketones is 1. The van der Waals surface area contributed by atoms with Crippen LogP contribution in [0.3, 0.4) is 0 Å². The molecule has 1 fully saturated rings. The van der Waals surface area contributed by atoms with Crippen molar-refractivity contribution in [2.75, 3.05) is 4.90 Å². The van der Waals surface area contributed by atoms with Gasteiger partial charge in [-0.05, 0) is 80.2 Å². The van der Waals surface area contributed by atoms with E-state index in [0.29, 0.717) is 22.0 Å². The van der Waals surface area contributed by atoms with Gasteiger partial charge in [0.25, 0.3) is 11.7 Å². The summed E-state index contributed by atoms with van der Waals surface area (Å²) in [6, 6.07) is 14.9. The van der Waals surface area contributed by atoms with Gasteiger partial charge in [0.1, 0.15) is 17.6 Å². The molecule has 2 aromatic carbocycles. The predicted molar refractivity (Wildman–Crippen MR) is 127 cm³/mol. The highest BCUT2D eigenvalue weighted by atomic mass is 35.5. The van der Waals surface area contributed by atoms with E-state index in [0.717, 1.165) is 10.4 Å². The number of rotatable bonds is 5. The maximum atomic E-state index is 13.1. The van der Waals surface area contributed by atoms with Crippen molar-refractivity contribution in [3.8, 4) is 5.75 Å². The molecule has 1 amide bonds. The molecule has 1 atom stereocenters. The molecule has 1 aliphatic rings. The topological polar surface area (TPSA) is 66.8 Å². The molecule has 0 spiro atoms. The summed E-state index contributed by atoms with van der Waals surface area (Å²) in [5.41, 5.74) is 1.87. The van der Waals surface area contributed by atoms with Crippen LogP contribution in [0.15, 0.2) is 65.6 Å². The summed E-state index contributed by atoms with van der Waals surface area (Å²) in [5.74, 6) is -0.926. The van der Waals surface area contributed by atoms with Crippen molar-refractivity contribution in [3.05, 3.63) is 86.6 Å². The maximum absolute atomic E-state index is 13.1. The molecule has 32 heavy (non-hydrogen) atoms. The fraction of sp³-hybridized carbons (Fsp3) is 0.200. The molecule has 0 saturated carbocycles. The molecule has 0 bridgehead atoms. The number of aliphatic hydroxyl groups is 1. The summed E-state index contributed by atoms with van der Waals surface area (Å²) in [4.78, 5) is 28.4. The molecule has 2 heterocycles. The lowest BCUT2D eigenvalue weighted by Gasteiger charge is -2.24. The number of amides is 1. The van der Waals surface area contributed by atoms with Crippen LogP contribution < -0.4 is 9.64 Å². The Morgan fingerprint density at radius 1 is 1.12 bits per heavy atom. The Kier molecular flexibility index (Phi) is 6.09. The van der Waals surface area contributed by atoms with Crippen LogP contribution in [0.5, 0.6) is 5.75 Å². The number of carbonyl (C=O) groups is 2. The minimum absolute atomic E-state index is 0.0108. The van der Waals surface area contributed by atoms with Crippen LogP contribution in [0.1, 0.15) is 35.9 Å². The molecule has 0 aliphatic carbocycles. The second-order valence-corrected chi connectivity index (χ2v) is 9.22. The first-order valence-electron chi connectivity index (χ1n) is 10.2. The number of ether oxygens (including phenoxy) is 1. The minimum Gasteiger partial charge on any atom is -0.507 e. The summed E-state index contributed by atoms with van der Waals surface area (Å²) in [6.45, 7) is 5.75. The van der Waals surface area contributed by atoms with Crippen molar-refractivity contribution >= 4 is 46.1 Å². The van der Waals surface area contributed by atoms with Gasteiger partial charge in [-0.15, -0.1) is 11.3 Å². The quantitative estimate of drug-likeness (QED) is 0.278. The van der Waals surface area contributed by atoms with Gasteiger partial charge in [0.15, 0.2) is 0 Å². The van der Waals surface area contributed by atoms with Crippen LogP contribution in [-0.4, -0.2) is 22.9 Å². The lowest BCUT2D eigenvalue weighted by molar-refractivity contribution is -0.132. The Morgan fingerprint density at radius 2 is 1.84 bits per heavy atom. The number of aryl methyl sites for hydroxylation is 1. The van der Waals surface area contributed by atoms with Gasteiger partial charge in [-0.1, -0.05) is 17.7 Å². The van der Waals surface area contributed by atoms with Gasteiger partial charge in [-0.3, -0.25) is 14.5 Å². The van der Waals surface area contributed by atoms with Gasteiger partial charge in [0.2, 0.25) is 0 Å². The third-order valence-electron chi connectivity index (χ3n) is 5.17. The first kappa shape index (κ1) is 22.1. The number of halogens is 1. The van der Waals surface area contributed by atoms with Crippen molar-refractivity contribution < 1.29 is 19.4 Å². The van der Waals surface area contributed by atoms with Crippen LogP contribution in [0.25, 0.3) is 5.76 Å². The van der Waals surface area contributed by atoms with Crippen molar-refractivity contribution in [2.24, 2.45) is 0 Å². The highest BCUT2D eigenvalue weighted by Gasteiger charge is 2.47. The lowest BCUT2D eigenvalue weighted by atomic mass is 9.98. The number of thiophene rings is 1. The van der Waals surface area contributed by atoms with Crippen molar-refractivity contribution in [3.63, 3.8) is 0 Å². The normalized spacial score (nSPS) is 17.9. The van der Waals surface area contributed by atoms with E-state index in [1.807, 2.05) is 38.3 Å². The van der Waals surface area contributed by atoms with Crippen LogP contribution in [-0.2, 0) is 9.59 Å². The standard InChI is InChI=1S/C25H22ClNO4S/c1-14(2)31-19-11-6-16(13-15(19)3)23(28)21-22(20-5-4-12-32-20)27(25(30)24(21)29)18-9-7-17(26)8-10-18/h4-14,22,28H,1-3H3/b23-21-. The first-order valence-corrected chi connectivity index (χ1v) is 11.4. The van der Waals surface area contributed by atoms with E-state index in [9.17, 15) is 14.7 Å². The Balaban J connectivity index is 1.85. The summed E-state index contributed by atoms with van der Waals surface area (Å²) >= 11 is 7.43. The molecule has 5 nitrogen and oxygen atoms in total. The molecule has 164 valence electrons. The second kappa shape index (κ2) is 8.81. The van der Waals surface area contributed by atoms with E-state index in [-0.39, 0.29) is 17.4 Å². The van der Waals surface area contributed by atoms with E-state index >= 15 is 0 Å². The molecule has 1 aliphatic heterocycles. The SMILES string of the molecule is Cc1cc(/C(O)=C2/C(=O)C(=O)N(c3ccc(Cl)cc3)C2c2cccs2)ccc1OC(C)C. The summed E-state index contributed by atoms with van der Waals surface area (Å²) in [5, 5.41) is 13.6. The molecule has 4 rings (SSSR count). The lowest BCUT2D eigenvalue weighted by Crippen LogP contribution is -2.29. The zero-order valence-electron chi connectivity index (χ0n) is 17.8. The number of hydrogen-bond donors (Lipinski definition) is 1. The van der Waals surface area contributed by atoms with Crippen LogP contribution >= 0.6 is 22.9 Å². The number of Topliss-reactive ketones (excluding diaryl/α,β-unsaturated/α-hetero) is 1. The van der Waals surface area contributed by atoms with E-state index < -0.39 is 17.7 Å². The van der Waals surface area contributed by atoms with Crippen LogP contribution in [0, 0.1) is 6.92 Å². The average molecular weight is 468 g/mol. The van der Waals surface area contributed by atoms with Crippen molar-refractivity contribution in [1.29, 1.82) is 0 Å². The number of carbonyl (C=O) groups excluding carboxylic acids is 2. The summed E-state index contributed by atoms with van der Waals surface area (Å²) in [7, 11) is 0. The zero-order valence-corrected chi connectivity index (χ0v) is 19.4. The van der Waals surface area contributed by atoms with Crippen LogP contribution in [0.4, 0.5) is 5.69 Å². The molecule has 7 heteroatoms. The number of nitrogens with zero attached hydrogens (tertiary/aromatic N) is 1. The molecular formula is C25H22ClNO4S.